The highest BCUT2D eigenvalue weighted by Crippen LogP contribution is 2.44. The summed E-state index contributed by atoms with van der Waals surface area (Å²) in [6, 6.07) is 0. The molecule has 1 aliphatic heterocycles. The van der Waals surface area contributed by atoms with Crippen LogP contribution in [0.3, 0.4) is 0 Å². The SMILES string of the molecule is COCO[C@H]1[C@@H]2C=CCC[C@@H]2C(=O)[C@@H]2OC(C)(C)O[C@H]12. The van der Waals surface area contributed by atoms with Gasteiger partial charge in [-0.1, -0.05) is 12.2 Å². The number of carbonyl (C=O) groups excluding carboxylic acids is 1. The Labute approximate surface area is 119 Å². The maximum Gasteiger partial charge on any atom is 0.168 e. The number of ether oxygens (including phenoxy) is 4. The summed E-state index contributed by atoms with van der Waals surface area (Å²) in [6.45, 7) is 3.87. The summed E-state index contributed by atoms with van der Waals surface area (Å²) in [5, 5.41) is 0. The largest absolute Gasteiger partial charge is 0.359 e. The van der Waals surface area contributed by atoms with E-state index in [0.29, 0.717) is 0 Å². The molecular formula is C15H22O5. The minimum absolute atomic E-state index is 0.0272. The molecule has 5 heteroatoms. The molecule has 1 saturated carbocycles. The van der Waals surface area contributed by atoms with Crippen molar-refractivity contribution in [2.45, 2.75) is 50.8 Å². The number of Topliss-reactive ketones (excluding diaryl/α,β-unsaturated/α-hetero) is 1. The zero-order chi connectivity index (χ0) is 14.3. The second-order valence-electron chi connectivity index (χ2n) is 6.15. The van der Waals surface area contributed by atoms with Crippen molar-refractivity contribution in [2.24, 2.45) is 11.8 Å². The molecule has 5 nitrogen and oxygen atoms in total. The van der Waals surface area contributed by atoms with Crippen molar-refractivity contribution in [3.8, 4) is 0 Å². The van der Waals surface area contributed by atoms with Crippen LogP contribution in [0.4, 0.5) is 0 Å². The molecule has 2 aliphatic carbocycles. The van der Waals surface area contributed by atoms with Crippen LogP contribution in [0, 0.1) is 11.8 Å². The van der Waals surface area contributed by atoms with Crippen LogP contribution in [0.15, 0.2) is 12.2 Å². The van der Waals surface area contributed by atoms with Crippen LogP contribution in [0.2, 0.25) is 0 Å². The first-order valence-electron chi connectivity index (χ1n) is 7.20. The lowest BCUT2D eigenvalue weighted by Gasteiger charge is -2.41. The van der Waals surface area contributed by atoms with Crippen LogP contribution in [-0.4, -0.2) is 43.8 Å². The maximum absolute atomic E-state index is 12.6. The van der Waals surface area contributed by atoms with Gasteiger partial charge in [-0.3, -0.25) is 4.79 Å². The first-order valence-corrected chi connectivity index (χ1v) is 7.20. The number of hydrogen-bond donors (Lipinski definition) is 0. The van der Waals surface area contributed by atoms with E-state index in [1.54, 1.807) is 7.11 Å². The van der Waals surface area contributed by atoms with E-state index in [1.165, 1.54) is 0 Å². The third-order valence-electron chi connectivity index (χ3n) is 4.32. The second-order valence-corrected chi connectivity index (χ2v) is 6.15. The molecule has 0 bridgehead atoms. The van der Waals surface area contributed by atoms with Gasteiger partial charge < -0.3 is 18.9 Å². The second kappa shape index (κ2) is 5.22. The van der Waals surface area contributed by atoms with Gasteiger partial charge in [0.1, 0.15) is 19.0 Å². The molecule has 3 rings (SSSR count). The summed E-state index contributed by atoms with van der Waals surface area (Å²) in [4.78, 5) is 12.6. The monoisotopic (exact) mass is 282 g/mol. The smallest absolute Gasteiger partial charge is 0.168 e. The number of allylic oxidation sites excluding steroid dienone is 1. The van der Waals surface area contributed by atoms with Crippen LogP contribution in [-0.2, 0) is 23.7 Å². The lowest BCUT2D eigenvalue weighted by molar-refractivity contribution is -0.179. The van der Waals surface area contributed by atoms with Gasteiger partial charge in [-0.25, -0.2) is 0 Å². The Morgan fingerprint density at radius 2 is 2.20 bits per heavy atom. The number of rotatable bonds is 3. The molecule has 3 aliphatic rings. The molecule has 20 heavy (non-hydrogen) atoms. The number of methoxy groups -OCH3 is 1. The van der Waals surface area contributed by atoms with Gasteiger partial charge in [-0.05, 0) is 26.7 Å². The standard InChI is InChI=1S/C15H22O5/c1-15(2)19-13-11(16)9-6-4-5-7-10(9)12(14(13)20-15)18-8-17-3/h5,7,9-10,12-14H,4,6,8H2,1-3H3/t9-,10+,12-,13-,14+/m0/s1. The predicted molar refractivity (Wildman–Crippen MR) is 70.9 cm³/mol. The van der Waals surface area contributed by atoms with E-state index in [4.69, 9.17) is 18.9 Å². The molecule has 1 saturated heterocycles. The van der Waals surface area contributed by atoms with E-state index in [9.17, 15) is 4.79 Å². The van der Waals surface area contributed by atoms with Crippen molar-refractivity contribution in [2.75, 3.05) is 13.9 Å². The van der Waals surface area contributed by atoms with Crippen LogP contribution < -0.4 is 0 Å². The Kier molecular flexibility index (Phi) is 3.71. The van der Waals surface area contributed by atoms with Crippen molar-refractivity contribution >= 4 is 5.78 Å². The van der Waals surface area contributed by atoms with Gasteiger partial charge >= 0.3 is 0 Å². The predicted octanol–water partition coefficient (Wildman–Crippen LogP) is 1.66. The molecule has 112 valence electrons. The third-order valence-corrected chi connectivity index (χ3v) is 4.32. The molecule has 0 aromatic rings. The number of hydrogen-bond acceptors (Lipinski definition) is 5. The molecule has 1 heterocycles. The van der Waals surface area contributed by atoms with E-state index < -0.39 is 11.9 Å². The van der Waals surface area contributed by atoms with Crippen molar-refractivity contribution < 1.29 is 23.7 Å². The van der Waals surface area contributed by atoms with Crippen LogP contribution in [0.5, 0.6) is 0 Å². The summed E-state index contributed by atoms with van der Waals surface area (Å²) in [5.74, 6) is -0.547. The zero-order valence-electron chi connectivity index (χ0n) is 12.2. The summed E-state index contributed by atoms with van der Waals surface area (Å²) in [5.41, 5.74) is 0. The highest BCUT2D eigenvalue weighted by molar-refractivity contribution is 5.88. The first kappa shape index (κ1) is 14.2. The number of fused-ring (bicyclic) bond motifs is 2. The summed E-state index contributed by atoms with van der Waals surface area (Å²) in [6.07, 6.45) is 4.96. The quantitative estimate of drug-likeness (QED) is 0.582. The lowest BCUT2D eigenvalue weighted by Crippen LogP contribution is -2.56. The zero-order valence-corrected chi connectivity index (χ0v) is 12.2. The Hall–Kier alpha value is -0.750. The van der Waals surface area contributed by atoms with E-state index >= 15 is 0 Å². The molecule has 0 amide bonds. The van der Waals surface area contributed by atoms with Gasteiger partial charge in [0.15, 0.2) is 11.6 Å². The Balaban J connectivity index is 1.89. The maximum atomic E-state index is 12.6. The Morgan fingerprint density at radius 3 is 2.95 bits per heavy atom. The molecular weight excluding hydrogens is 260 g/mol. The highest BCUT2D eigenvalue weighted by atomic mass is 16.8. The third kappa shape index (κ3) is 2.33. The fraction of sp³-hybridized carbons (Fsp3) is 0.800. The van der Waals surface area contributed by atoms with Gasteiger partial charge in [0, 0.05) is 18.9 Å². The minimum Gasteiger partial charge on any atom is -0.359 e. The Bertz CT molecular complexity index is 416. The lowest BCUT2D eigenvalue weighted by atomic mass is 9.69. The molecule has 2 fully saturated rings. The minimum atomic E-state index is -0.739. The van der Waals surface area contributed by atoms with E-state index in [-0.39, 0.29) is 36.6 Å². The molecule has 0 aromatic carbocycles. The first-order chi connectivity index (χ1) is 9.53. The van der Waals surface area contributed by atoms with Crippen molar-refractivity contribution in [1.82, 2.24) is 0 Å². The highest BCUT2D eigenvalue weighted by Gasteiger charge is 2.57. The fourth-order valence-electron chi connectivity index (χ4n) is 3.56. The fourth-order valence-corrected chi connectivity index (χ4v) is 3.56. The molecule has 0 unspecified atom stereocenters. The molecule has 0 radical (unpaired) electrons. The van der Waals surface area contributed by atoms with Gasteiger partial charge in [0.05, 0.1) is 6.10 Å². The topological polar surface area (TPSA) is 54.0 Å². The van der Waals surface area contributed by atoms with Crippen LogP contribution >= 0.6 is 0 Å². The Morgan fingerprint density at radius 1 is 1.40 bits per heavy atom. The van der Waals surface area contributed by atoms with E-state index in [2.05, 4.69) is 12.2 Å². The van der Waals surface area contributed by atoms with Gasteiger partial charge in [-0.15, -0.1) is 0 Å². The van der Waals surface area contributed by atoms with Gasteiger partial charge in [0.2, 0.25) is 0 Å². The average molecular weight is 282 g/mol. The molecule has 5 atom stereocenters. The van der Waals surface area contributed by atoms with E-state index in [0.717, 1.165) is 12.8 Å². The van der Waals surface area contributed by atoms with Crippen molar-refractivity contribution in [3.63, 3.8) is 0 Å². The number of carbonyl (C=O) groups is 1. The summed E-state index contributed by atoms with van der Waals surface area (Å²) < 4.78 is 22.6. The molecule has 0 spiro atoms. The average Bonchev–Trinajstić information content (AvgIpc) is 2.75. The van der Waals surface area contributed by atoms with Crippen molar-refractivity contribution in [3.05, 3.63) is 12.2 Å². The molecule has 0 N–H and O–H groups in total. The van der Waals surface area contributed by atoms with Crippen LogP contribution in [0.1, 0.15) is 26.7 Å². The normalized spacial score (nSPS) is 42.4. The van der Waals surface area contributed by atoms with Crippen LogP contribution in [0.25, 0.3) is 0 Å². The summed E-state index contributed by atoms with van der Waals surface area (Å²) in [7, 11) is 1.59. The molecule has 0 aromatic heterocycles. The summed E-state index contributed by atoms with van der Waals surface area (Å²) >= 11 is 0. The van der Waals surface area contributed by atoms with E-state index in [1.807, 2.05) is 13.8 Å². The number of ketones is 1. The van der Waals surface area contributed by atoms with Gasteiger partial charge in [0.25, 0.3) is 0 Å². The van der Waals surface area contributed by atoms with Crippen molar-refractivity contribution in [1.29, 1.82) is 0 Å². The van der Waals surface area contributed by atoms with Gasteiger partial charge in [-0.2, -0.15) is 0 Å².